The second-order valence-electron chi connectivity index (χ2n) is 3.02. The van der Waals surface area contributed by atoms with Crippen molar-refractivity contribution in [3.8, 4) is 0 Å². The van der Waals surface area contributed by atoms with Crippen molar-refractivity contribution in [1.29, 1.82) is 5.41 Å². The highest BCUT2D eigenvalue weighted by Crippen LogP contribution is 1.96. The SMILES string of the molecule is C=NC(=N)N(CCOC)CCC(=O)OCC. The summed E-state index contributed by atoms with van der Waals surface area (Å²) >= 11 is 0. The van der Waals surface area contributed by atoms with Gasteiger partial charge < -0.3 is 14.4 Å². The number of esters is 1. The summed E-state index contributed by atoms with van der Waals surface area (Å²) in [7, 11) is 1.58. The van der Waals surface area contributed by atoms with Gasteiger partial charge in [0.1, 0.15) is 0 Å². The monoisotopic (exact) mass is 229 g/mol. The van der Waals surface area contributed by atoms with Gasteiger partial charge in [-0.25, -0.2) is 4.99 Å². The molecule has 92 valence electrons. The number of nitrogens with one attached hydrogen (secondary N) is 1. The Hall–Kier alpha value is -1.43. The Morgan fingerprint density at radius 2 is 2.19 bits per heavy atom. The summed E-state index contributed by atoms with van der Waals surface area (Å²) in [5, 5.41) is 7.51. The second-order valence-corrected chi connectivity index (χ2v) is 3.02. The number of rotatable bonds is 7. The van der Waals surface area contributed by atoms with E-state index in [1.54, 1.807) is 18.9 Å². The van der Waals surface area contributed by atoms with E-state index in [0.717, 1.165) is 0 Å². The molecule has 0 atom stereocenters. The molecule has 1 N–H and O–H groups in total. The smallest absolute Gasteiger partial charge is 0.307 e. The summed E-state index contributed by atoms with van der Waals surface area (Å²) in [4.78, 5) is 16.3. The fourth-order valence-electron chi connectivity index (χ4n) is 1.08. The van der Waals surface area contributed by atoms with Crippen LogP contribution in [0, 0.1) is 5.41 Å². The third-order valence-corrected chi connectivity index (χ3v) is 1.91. The number of aliphatic imine (C=N–C) groups is 1. The normalized spacial score (nSPS) is 9.62. The molecule has 0 radical (unpaired) electrons. The zero-order valence-corrected chi connectivity index (χ0v) is 9.86. The van der Waals surface area contributed by atoms with Crippen molar-refractivity contribution in [2.24, 2.45) is 4.99 Å². The Morgan fingerprint density at radius 3 is 2.69 bits per heavy atom. The van der Waals surface area contributed by atoms with Gasteiger partial charge in [0.25, 0.3) is 0 Å². The summed E-state index contributed by atoms with van der Waals surface area (Å²) in [6.07, 6.45) is 0.232. The average molecular weight is 229 g/mol. The maximum atomic E-state index is 11.1. The number of hydrogen-bond acceptors (Lipinski definition) is 4. The number of carbonyl (C=O) groups excluding carboxylic acids is 1. The first-order chi connectivity index (χ1) is 7.65. The second kappa shape index (κ2) is 8.84. The van der Waals surface area contributed by atoms with Crippen molar-refractivity contribution in [3.05, 3.63) is 0 Å². The molecule has 0 saturated carbocycles. The van der Waals surface area contributed by atoms with E-state index >= 15 is 0 Å². The van der Waals surface area contributed by atoms with Crippen LogP contribution in [0.25, 0.3) is 0 Å². The van der Waals surface area contributed by atoms with Crippen LogP contribution in [0.4, 0.5) is 0 Å². The van der Waals surface area contributed by atoms with E-state index in [1.165, 1.54) is 0 Å². The molecule has 0 amide bonds. The zero-order valence-electron chi connectivity index (χ0n) is 9.86. The molecule has 0 fully saturated rings. The molecular weight excluding hydrogens is 210 g/mol. The molecule has 0 aliphatic carbocycles. The number of methoxy groups -OCH3 is 1. The molecule has 0 spiro atoms. The van der Waals surface area contributed by atoms with Crippen LogP contribution in [0.15, 0.2) is 4.99 Å². The fourth-order valence-corrected chi connectivity index (χ4v) is 1.08. The zero-order chi connectivity index (χ0) is 12.4. The van der Waals surface area contributed by atoms with Crippen molar-refractivity contribution in [1.82, 2.24) is 4.90 Å². The molecule has 0 aromatic carbocycles. The number of ether oxygens (including phenoxy) is 2. The van der Waals surface area contributed by atoms with Gasteiger partial charge in [0.05, 0.1) is 19.6 Å². The minimum atomic E-state index is -0.276. The van der Waals surface area contributed by atoms with E-state index in [2.05, 4.69) is 11.7 Å². The van der Waals surface area contributed by atoms with Crippen LogP contribution in [0.1, 0.15) is 13.3 Å². The van der Waals surface area contributed by atoms with E-state index in [9.17, 15) is 4.79 Å². The standard InChI is InChI=1S/C10H19N3O3/c1-4-16-9(14)5-6-13(7-8-15-3)10(11)12-2/h11H,2,4-8H2,1,3H3. The Bertz CT molecular complexity index is 243. The van der Waals surface area contributed by atoms with Gasteiger partial charge in [0.15, 0.2) is 0 Å². The summed E-state index contributed by atoms with van der Waals surface area (Å²) in [5.41, 5.74) is 0. The lowest BCUT2D eigenvalue weighted by Gasteiger charge is -2.21. The molecule has 16 heavy (non-hydrogen) atoms. The van der Waals surface area contributed by atoms with E-state index in [4.69, 9.17) is 14.9 Å². The Labute approximate surface area is 95.8 Å². The summed E-state index contributed by atoms with van der Waals surface area (Å²) in [6, 6.07) is 0. The number of nitrogens with zero attached hydrogens (tertiary/aromatic N) is 2. The summed E-state index contributed by atoms with van der Waals surface area (Å²) in [6.45, 7) is 6.78. The minimum Gasteiger partial charge on any atom is -0.466 e. The Balaban J connectivity index is 4.05. The highest BCUT2D eigenvalue weighted by Gasteiger charge is 2.10. The van der Waals surface area contributed by atoms with Crippen LogP contribution in [-0.2, 0) is 14.3 Å². The van der Waals surface area contributed by atoms with E-state index in [1.807, 2.05) is 0 Å². The lowest BCUT2D eigenvalue weighted by molar-refractivity contribution is -0.143. The Morgan fingerprint density at radius 1 is 1.50 bits per heavy atom. The third kappa shape index (κ3) is 6.13. The number of carbonyl (C=O) groups is 1. The molecule has 0 saturated heterocycles. The van der Waals surface area contributed by atoms with Crippen LogP contribution < -0.4 is 0 Å². The van der Waals surface area contributed by atoms with Gasteiger partial charge in [0.2, 0.25) is 5.96 Å². The molecule has 0 aliphatic heterocycles. The van der Waals surface area contributed by atoms with Crippen molar-refractivity contribution >= 4 is 18.6 Å². The predicted molar refractivity (Wildman–Crippen MR) is 62.0 cm³/mol. The van der Waals surface area contributed by atoms with Crippen molar-refractivity contribution in [3.63, 3.8) is 0 Å². The van der Waals surface area contributed by atoms with Gasteiger partial charge in [-0.15, -0.1) is 0 Å². The summed E-state index contributed by atoms with van der Waals surface area (Å²) < 4.78 is 9.70. The lowest BCUT2D eigenvalue weighted by atomic mass is 10.4. The lowest BCUT2D eigenvalue weighted by Crippen LogP contribution is -2.34. The molecule has 0 aromatic rings. The molecule has 6 heteroatoms. The molecule has 0 bridgehead atoms. The van der Waals surface area contributed by atoms with Gasteiger partial charge in [-0.05, 0) is 13.6 Å². The van der Waals surface area contributed by atoms with Crippen molar-refractivity contribution in [2.45, 2.75) is 13.3 Å². The first-order valence-corrected chi connectivity index (χ1v) is 5.10. The summed E-state index contributed by atoms with van der Waals surface area (Å²) in [5.74, 6) is -0.233. The third-order valence-electron chi connectivity index (χ3n) is 1.91. The Kier molecular flexibility index (Phi) is 8.05. The highest BCUT2D eigenvalue weighted by molar-refractivity contribution is 5.81. The van der Waals surface area contributed by atoms with Crippen LogP contribution >= 0.6 is 0 Å². The van der Waals surface area contributed by atoms with Crippen LogP contribution in [-0.4, -0.2) is 57.0 Å². The minimum absolute atomic E-state index is 0.0429. The van der Waals surface area contributed by atoms with Crippen LogP contribution in [0.3, 0.4) is 0 Å². The topological polar surface area (TPSA) is 75.0 Å². The van der Waals surface area contributed by atoms with Gasteiger partial charge >= 0.3 is 5.97 Å². The molecule has 0 heterocycles. The predicted octanol–water partition coefficient (Wildman–Crippen LogP) is 0.523. The molecular formula is C10H19N3O3. The maximum Gasteiger partial charge on any atom is 0.307 e. The number of guanidine groups is 1. The van der Waals surface area contributed by atoms with Gasteiger partial charge in [-0.2, -0.15) is 0 Å². The van der Waals surface area contributed by atoms with Crippen molar-refractivity contribution < 1.29 is 14.3 Å². The van der Waals surface area contributed by atoms with Gasteiger partial charge in [0, 0.05) is 20.2 Å². The quantitative estimate of drug-likeness (QED) is 0.392. The molecule has 0 unspecified atom stereocenters. The van der Waals surface area contributed by atoms with E-state index in [-0.39, 0.29) is 18.3 Å². The average Bonchev–Trinajstić information content (AvgIpc) is 2.28. The van der Waals surface area contributed by atoms with Crippen LogP contribution in [0.2, 0.25) is 0 Å². The first kappa shape index (κ1) is 14.6. The van der Waals surface area contributed by atoms with Crippen LogP contribution in [0.5, 0.6) is 0 Å². The van der Waals surface area contributed by atoms with Crippen molar-refractivity contribution in [2.75, 3.05) is 33.4 Å². The molecule has 0 rings (SSSR count). The number of hydrogen-bond donors (Lipinski definition) is 1. The van der Waals surface area contributed by atoms with Gasteiger partial charge in [-0.1, -0.05) is 0 Å². The maximum absolute atomic E-state index is 11.1. The molecule has 0 aliphatic rings. The van der Waals surface area contributed by atoms with E-state index in [0.29, 0.717) is 26.3 Å². The van der Waals surface area contributed by atoms with Gasteiger partial charge in [-0.3, -0.25) is 10.2 Å². The highest BCUT2D eigenvalue weighted by atomic mass is 16.5. The molecule has 0 aromatic heterocycles. The first-order valence-electron chi connectivity index (χ1n) is 5.10. The molecule has 6 nitrogen and oxygen atoms in total. The largest absolute Gasteiger partial charge is 0.466 e. The van der Waals surface area contributed by atoms with E-state index < -0.39 is 0 Å². The fraction of sp³-hybridized carbons (Fsp3) is 0.700.